The highest BCUT2D eigenvalue weighted by Crippen LogP contribution is 2.41. The monoisotopic (exact) mass is 443 g/mol. The molecule has 4 rings (SSSR count). The Kier molecular flexibility index (Phi) is 6.22. The number of benzene rings is 2. The highest BCUT2D eigenvalue weighted by atomic mass is 16.5. The molecule has 2 aromatic carbocycles. The molecule has 2 heterocycles. The normalized spacial score (nSPS) is 15.8. The highest BCUT2D eigenvalue weighted by Gasteiger charge is 2.45. The van der Waals surface area contributed by atoms with E-state index in [1.165, 1.54) is 4.90 Å². The molecule has 1 unspecified atom stereocenters. The Balaban J connectivity index is 1.84. The van der Waals surface area contributed by atoms with Gasteiger partial charge in [-0.2, -0.15) is 5.10 Å². The molecule has 7 heteroatoms. The van der Waals surface area contributed by atoms with Crippen molar-refractivity contribution in [2.75, 3.05) is 11.5 Å². The second kappa shape index (κ2) is 9.24. The number of aliphatic hydroxyl groups excluding tert-OH is 1. The van der Waals surface area contributed by atoms with Gasteiger partial charge < -0.3 is 9.84 Å². The summed E-state index contributed by atoms with van der Waals surface area (Å²) in [6.45, 7) is 6.26. The van der Waals surface area contributed by atoms with Gasteiger partial charge in [-0.15, -0.1) is 5.10 Å². The number of hydrogen-bond donors (Lipinski definition) is 1. The molecule has 0 radical (unpaired) electrons. The minimum atomic E-state index is -0.881. The molecule has 7 nitrogen and oxygen atoms in total. The van der Waals surface area contributed by atoms with Gasteiger partial charge in [0.15, 0.2) is 17.4 Å². The van der Waals surface area contributed by atoms with Gasteiger partial charge in [-0.3, -0.25) is 14.5 Å². The summed E-state index contributed by atoms with van der Waals surface area (Å²) in [6, 6.07) is 16.7. The Morgan fingerprint density at radius 1 is 1.06 bits per heavy atom. The molecular weight excluding hydrogens is 418 g/mol. The number of ether oxygens (including phenoxy) is 1. The van der Waals surface area contributed by atoms with Crippen LogP contribution in [0.5, 0.6) is 5.75 Å². The molecule has 0 fully saturated rings. The van der Waals surface area contributed by atoms with Crippen molar-refractivity contribution in [1.29, 1.82) is 0 Å². The summed E-state index contributed by atoms with van der Waals surface area (Å²) in [4.78, 5) is 28.0. The first-order valence-corrected chi connectivity index (χ1v) is 10.8. The van der Waals surface area contributed by atoms with E-state index in [1.807, 2.05) is 32.0 Å². The largest absolute Gasteiger partial charge is 0.503 e. The van der Waals surface area contributed by atoms with Crippen LogP contribution in [-0.4, -0.2) is 33.6 Å². The molecule has 0 spiro atoms. The number of aryl methyl sites for hydroxylation is 2. The Hall–Kier alpha value is -4.00. The first-order chi connectivity index (χ1) is 15.9. The predicted octanol–water partition coefficient (Wildman–Crippen LogP) is 4.67. The summed E-state index contributed by atoms with van der Waals surface area (Å²) in [5.41, 5.74) is 2.69. The fraction of sp³-hybridized carbons (Fsp3) is 0.231. The van der Waals surface area contributed by atoms with Gasteiger partial charge in [0.05, 0.1) is 23.9 Å². The second-order valence-corrected chi connectivity index (χ2v) is 7.99. The van der Waals surface area contributed by atoms with Crippen molar-refractivity contribution in [3.05, 3.63) is 94.4 Å². The van der Waals surface area contributed by atoms with E-state index < -0.39 is 23.5 Å². The van der Waals surface area contributed by atoms with Crippen molar-refractivity contribution >= 4 is 17.5 Å². The number of amides is 1. The lowest BCUT2D eigenvalue weighted by molar-refractivity contribution is -0.117. The number of rotatable bonds is 7. The van der Waals surface area contributed by atoms with Crippen LogP contribution >= 0.6 is 0 Å². The fourth-order valence-electron chi connectivity index (χ4n) is 3.76. The number of hydrogen-bond acceptors (Lipinski definition) is 6. The molecule has 0 saturated heterocycles. The maximum atomic E-state index is 13.5. The number of ketones is 1. The minimum Gasteiger partial charge on any atom is -0.503 e. The third-order valence-electron chi connectivity index (χ3n) is 5.44. The van der Waals surface area contributed by atoms with Crippen molar-refractivity contribution in [1.82, 2.24) is 10.2 Å². The summed E-state index contributed by atoms with van der Waals surface area (Å²) in [5.74, 6) is -0.853. The average molecular weight is 444 g/mol. The number of anilines is 1. The van der Waals surface area contributed by atoms with Crippen molar-refractivity contribution in [2.24, 2.45) is 0 Å². The van der Waals surface area contributed by atoms with Gasteiger partial charge in [-0.05, 0) is 50.1 Å². The van der Waals surface area contributed by atoms with Crippen LogP contribution < -0.4 is 9.64 Å². The minimum absolute atomic E-state index is 0.00105. The van der Waals surface area contributed by atoms with Crippen LogP contribution in [0.4, 0.5) is 5.82 Å². The molecule has 0 aliphatic carbocycles. The van der Waals surface area contributed by atoms with E-state index in [0.29, 0.717) is 29.2 Å². The van der Waals surface area contributed by atoms with Crippen LogP contribution in [-0.2, 0) is 4.79 Å². The number of carbonyl (C=O) groups excluding carboxylic acids is 2. The summed E-state index contributed by atoms with van der Waals surface area (Å²) >= 11 is 0. The molecule has 1 aliphatic rings. The smallest absolute Gasteiger partial charge is 0.295 e. The molecule has 1 aromatic heterocycles. The van der Waals surface area contributed by atoms with Crippen molar-refractivity contribution in [3.8, 4) is 5.75 Å². The van der Waals surface area contributed by atoms with E-state index in [4.69, 9.17) is 4.74 Å². The number of aliphatic hydroxyl groups is 1. The van der Waals surface area contributed by atoms with Gasteiger partial charge in [-0.25, -0.2) is 0 Å². The molecular formula is C26H25N3O4. The third-order valence-corrected chi connectivity index (χ3v) is 5.44. The molecule has 3 aromatic rings. The van der Waals surface area contributed by atoms with Crippen LogP contribution in [0.25, 0.3) is 0 Å². The maximum Gasteiger partial charge on any atom is 0.295 e. The average Bonchev–Trinajstić information content (AvgIpc) is 3.09. The molecule has 33 heavy (non-hydrogen) atoms. The van der Waals surface area contributed by atoms with Gasteiger partial charge >= 0.3 is 0 Å². The molecule has 1 amide bonds. The van der Waals surface area contributed by atoms with Crippen molar-refractivity contribution < 1.29 is 19.4 Å². The van der Waals surface area contributed by atoms with Crippen LogP contribution in [0, 0.1) is 13.8 Å². The molecule has 1 aliphatic heterocycles. The van der Waals surface area contributed by atoms with Gasteiger partial charge in [0.2, 0.25) is 0 Å². The lowest BCUT2D eigenvalue weighted by atomic mass is 9.92. The first kappa shape index (κ1) is 22.2. The zero-order valence-electron chi connectivity index (χ0n) is 18.8. The van der Waals surface area contributed by atoms with Gasteiger partial charge in [0.1, 0.15) is 5.75 Å². The first-order valence-electron chi connectivity index (χ1n) is 10.8. The molecule has 0 bridgehead atoms. The zero-order valence-corrected chi connectivity index (χ0v) is 18.8. The highest BCUT2D eigenvalue weighted by molar-refractivity contribution is 6.20. The van der Waals surface area contributed by atoms with Gasteiger partial charge in [0, 0.05) is 5.56 Å². The lowest BCUT2D eigenvalue weighted by Crippen LogP contribution is -2.32. The van der Waals surface area contributed by atoms with E-state index in [1.54, 1.807) is 49.4 Å². The second-order valence-electron chi connectivity index (χ2n) is 7.99. The lowest BCUT2D eigenvalue weighted by Gasteiger charge is -2.26. The molecule has 1 N–H and O–H groups in total. The zero-order chi connectivity index (χ0) is 23.5. The van der Waals surface area contributed by atoms with E-state index in [9.17, 15) is 14.7 Å². The van der Waals surface area contributed by atoms with Crippen LogP contribution in [0.1, 0.15) is 46.6 Å². The van der Waals surface area contributed by atoms with E-state index in [2.05, 4.69) is 10.2 Å². The Morgan fingerprint density at radius 2 is 1.82 bits per heavy atom. The summed E-state index contributed by atoms with van der Waals surface area (Å²) < 4.78 is 5.76. The Labute approximate surface area is 192 Å². The van der Waals surface area contributed by atoms with E-state index >= 15 is 0 Å². The SMILES string of the molecule is CCCOc1cccc(C2C(C(=O)c3ccc(C)cc3)=C(O)C(=O)N2c2ccc(C)nn2)c1. The molecule has 0 saturated carbocycles. The molecule has 1 atom stereocenters. The Bertz CT molecular complexity index is 1220. The topological polar surface area (TPSA) is 92.6 Å². The number of carbonyl (C=O) groups is 2. The standard InChI is InChI=1S/C26H25N3O4/c1-4-14-33-20-7-5-6-19(15-20)23-22(24(30)18-11-8-16(2)9-12-18)25(31)26(32)29(23)21-13-10-17(3)27-28-21/h5-13,15,23,31H,4,14H2,1-3H3. The van der Waals surface area contributed by atoms with Crippen molar-refractivity contribution in [3.63, 3.8) is 0 Å². The Morgan fingerprint density at radius 3 is 2.48 bits per heavy atom. The number of aromatic nitrogens is 2. The van der Waals surface area contributed by atoms with E-state index in [0.717, 1.165) is 12.0 Å². The fourth-order valence-corrected chi connectivity index (χ4v) is 3.76. The molecule has 168 valence electrons. The van der Waals surface area contributed by atoms with Crippen LogP contribution in [0.2, 0.25) is 0 Å². The number of Topliss-reactive ketones (excluding diaryl/α,β-unsaturated/α-hetero) is 1. The summed E-state index contributed by atoms with van der Waals surface area (Å²) in [7, 11) is 0. The predicted molar refractivity (Wildman–Crippen MR) is 124 cm³/mol. The summed E-state index contributed by atoms with van der Waals surface area (Å²) in [6.07, 6.45) is 0.842. The quantitative estimate of drug-likeness (QED) is 0.534. The maximum absolute atomic E-state index is 13.5. The van der Waals surface area contributed by atoms with Crippen molar-refractivity contribution in [2.45, 2.75) is 33.2 Å². The third kappa shape index (κ3) is 4.35. The van der Waals surface area contributed by atoms with Gasteiger partial charge in [0.25, 0.3) is 5.91 Å². The summed E-state index contributed by atoms with van der Waals surface area (Å²) in [5, 5.41) is 19.1. The van der Waals surface area contributed by atoms with Gasteiger partial charge in [-0.1, -0.05) is 48.9 Å². The van der Waals surface area contributed by atoms with Crippen LogP contribution in [0.15, 0.2) is 72.0 Å². The van der Waals surface area contributed by atoms with E-state index in [-0.39, 0.29) is 11.4 Å². The number of nitrogens with zero attached hydrogens (tertiary/aromatic N) is 3. The van der Waals surface area contributed by atoms with Crippen LogP contribution in [0.3, 0.4) is 0 Å².